The standard InChI is InChI=1S/C7H14O4/c1-7(2)10-4-6(11-7)5(9)3-8/h5-6,8-9H,3-4H2,1-2H3/t5-,6+/m0/s1. The van der Waals surface area contributed by atoms with E-state index in [4.69, 9.17) is 19.7 Å². The van der Waals surface area contributed by atoms with Crippen molar-refractivity contribution in [2.75, 3.05) is 13.2 Å². The van der Waals surface area contributed by atoms with Crippen LogP contribution < -0.4 is 0 Å². The molecule has 4 heteroatoms. The van der Waals surface area contributed by atoms with Gasteiger partial charge in [-0.2, -0.15) is 0 Å². The van der Waals surface area contributed by atoms with Crippen LogP contribution in [-0.4, -0.2) is 41.4 Å². The van der Waals surface area contributed by atoms with Crippen molar-refractivity contribution in [2.24, 2.45) is 0 Å². The number of rotatable bonds is 2. The topological polar surface area (TPSA) is 58.9 Å². The second-order valence-corrected chi connectivity index (χ2v) is 3.12. The molecule has 66 valence electrons. The fourth-order valence-corrected chi connectivity index (χ4v) is 1.02. The van der Waals surface area contributed by atoms with Gasteiger partial charge in [-0.1, -0.05) is 0 Å². The first-order chi connectivity index (χ1) is 5.05. The molecule has 0 aromatic heterocycles. The van der Waals surface area contributed by atoms with E-state index in [9.17, 15) is 0 Å². The van der Waals surface area contributed by atoms with Crippen molar-refractivity contribution in [3.63, 3.8) is 0 Å². The minimum Gasteiger partial charge on any atom is -0.394 e. The zero-order valence-corrected chi connectivity index (χ0v) is 6.78. The Labute approximate surface area is 65.7 Å². The average Bonchev–Trinajstić information content (AvgIpc) is 2.29. The van der Waals surface area contributed by atoms with E-state index in [-0.39, 0.29) is 6.61 Å². The van der Waals surface area contributed by atoms with Crippen molar-refractivity contribution in [1.82, 2.24) is 0 Å². The Morgan fingerprint density at radius 3 is 2.64 bits per heavy atom. The van der Waals surface area contributed by atoms with Crippen LogP contribution in [0.1, 0.15) is 13.8 Å². The summed E-state index contributed by atoms with van der Waals surface area (Å²) < 4.78 is 10.5. The van der Waals surface area contributed by atoms with Crippen LogP contribution in [0.4, 0.5) is 0 Å². The molecule has 0 unspecified atom stereocenters. The summed E-state index contributed by atoms with van der Waals surface area (Å²) in [5, 5.41) is 17.7. The van der Waals surface area contributed by atoms with Gasteiger partial charge in [-0.3, -0.25) is 0 Å². The maximum absolute atomic E-state index is 9.13. The van der Waals surface area contributed by atoms with Crippen molar-refractivity contribution >= 4 is 0 Å². The van der Waals surface area contributed by atoms with Gasteiger partial charge >= 0.3 is 0 Å². The van der Waals surface area contributed by atoms with Gasteiger partial charge in [-0.25, -0.2) is 0 Å². The lowest BCUT2D eigenvalue weighted by Gasteiger charge is -2.18. The minimum absolute atomic E-state index is 0.288. The number of hydrogen-bond donors (Lipinski definition) is 2. The molecule has 0 amide bonds. The molecule has 0 bridgehead atoms. The Bertz CT molecular complexity index is 134. The molecule has 0 saturated carbocycles. The van der Waals surface area contributed by atoms with E-state index >= 15 is 0 Å². The summed E-state index contributed by atoms with van der Waals surface area (Å²) in [5.41, 5.74) is 0. The molecule has 2 N–H and O–H groups in total. The summed E-state index contributed by atoms with van der Waals surface area (Å²) in [4.78, 5) is 0. The van der Waals surface area contributed by atoms with Crippen molar-refractivity contribution in [1.29, 1.82) is 0 Å². The fraction of sp³-hybridized carbons (Fsp3) is 1.00. The third kappa shape index (κ3) is 2.13. The summed E-state index contributed by atoms with van der Waals surface area (Å²) in [6.07, 6.45) is -1.23. The highest BCUT2D eigenvalue weighted by Gasteiger charge is 2.36. The fourth-order valence-electron chi connectivity index (χ4n) is 1.02. The lowest BCUT2D eigenvalue weighted by atomic mass is 10.2. The van der Waals surface area contributed by atoms with Crippen LogP contribution in [0.3, 0.4) is 0 Å². The van der Waals surface area contributed by atoms with Crippen molar-refractivity contribution in [3.05, 3.63) is 0 Å². The molecule has 11 heavy (non-hydrogen) atoms. The van der Waals surface area contributed by atoms with E-state index in [1.54, 1.807) is 13.8 Å². The van der Waals surface area contributed by atoms with Gasteiger partial charge in [-0.15, -0.1) is 0 Å². The van der Waals surface area contributed by atoms with Crippen LogP contribution in [0.25, 0.3) is 0 Å². The van der Waals surface area contributed by atoms with Gasteiger partial charge < -0.3 is 19.7 Å². The lowest BCUT2D eigenvalue weighted by Crippen LogP contribution is -2.33. The monoisotopic (exact) mass is 162 g/mol. The molecule has 4 nitrogen and oxygen atoms in total. The lowest BCUT2D eigenvalue weighted by molar-refractivity contribution is -0.153. The van der Waals surface area contributed by atoms with Gasteiger partial charge in [0.2, 0.25) is 0 Å². The summed E-state index contributed by atoms with van der Waals surface area (Å²) in [7, 11) is 0. The van der Waals surface area contributed by atoms with Crippen LogP contribution in [0.2, 0.25) is 0 Å². The summed E-state index contributed by atoms with van der Waals surface area (Å²) in [5.74, 6) is -0.624. The Balaban J connectivity index is 2.41. The van der Waals surface area contributed by atoms with Gasteiger partial charge in [0.15, 0.2) is 5.79 Å². The Morgan fingerprint density at radius 1 is 1.64 bits per heavy atom. The van der Waals surface area contributed by atoms with E-state index in [2.05, 4.69) is 0 Å². The van der Waals surface area contributed by atoms with E-state index < -0.39 is 18.0 Å². The molecule has 2 atom stereocenters. The van der Waals surface area contributed by atoms with Gasteiger partial charge in [0, 0.05) is 0 Å². The normalized spacial score (nSPS) is 32.2. The van der Waals surface area contributed by atoms with Crippen LogP contribution in [0.5, 0.6) is 0 Å². The highest BCUT2D eigenvalue weighted by molar-refractivity contribution is 4.76. The Morgan fingerprint density at radius 2 is 2.27 bits per heavy atom. The van der Waals surface area contributed by atoms with Crippen LogP contribution in [-0.2, 0) is 9.47 Å². The summed E-state index contributed by atoms with van der Waals surface area (Å²) in [6.45, 7) is 3.60. The number of aliphatic hydroxyl groups excluding tert-OH is 2. The number of hydrogen-bond acceptors (Lipinski definition) is 4. The first-order valence-electron chi connectivity index (χ1n) is 3.66. The summed E-state index contributed by atoms with van der Waals surface area (Å²) in [6, 6.07) is 0. The minimum atomic E-state index is -0.836. The maximum atomic E-state index is 9.13. The van der Waals surface area contributed by atoms with E-state index in [0.717, 1.165) is 0 Å². The molecule has 0 spiro atoms. The van der Waals surface area contributed by atoms with Gasteiger partial charge in [0.1, 0.15) is 12.2 Å². The predicted molar refractivity (Wildman–Crippen MR) is 38.0 cm³/mol. The SMILES string of the molecule is CC1(C)OC[C@H]([C@@H](O)CO)O1. The second-order valence-electron chi connectivity index (χ2n) is 3.12. The third-order valence-corrected chi connectivity index (χ3v) is 1.65. The molecule has 0 radical (unpaired) electrons. The third-order valence-electron chi connectivity index (χ3n) is 1.65. The van der Waals surface area contributed by atoms with E-state index in [1.165, 1.54) is 0 Å². The molecule has 1 aliphatic rings. The average molecular weight is 162 g/mol. The van der Waals surface area contributed by atoms with Crippen LogP contribution in [0, 0.1) is 0 Å². The smallest absolute Gasteiger partial charge is 0.163 e. The van der Waals surface area contributed by atoms with Gasteiger partial charge in [0.25, 0.3) is 0 Å². The highest BCUT2D eigenvalue weighted by Crippen LogP contribution is 2.23. The van der Waals surface area contributed by atoms with E-state index in [0.29, 0.717) is 6.61 Å². The first-order valence-corrected chi connectivity index (χ1v) is 3.66. The maximum Gasteiger partial charge on any atom is 0.163 e. The molecule has 1 heterocycles. The molecule has 1 aliphatic heterocycles. The van der Waals surface area contributed by atoms with Crippen molar-refractivity contribution < 1.29 is 19.7 Å². The Hall–Kier alpha value is -0.160. The zero-order chi connectivity index (χ0) is 8.48. The quantitative estimate of drug-likeness (QED) is 0.574. The van der Waals surface area contributed by atoms with Crippen LogP contribution in [0.15, 0.2) is 0 Å². The van der Waals surface area contributed by atoms with Gasteiger partial charge in [0.05, 0.1) is 13.2 Å². The molecule has 0 aliphatic carbocycles. The van der Waals surface area contributed by atoms with E-state index in [1.807, 2.05) is 0 Å². The van der Waals surface area contributed by atoms with Gasteiger partial charge in [-0.05, 0) is 13.8 Å². The largest absolute Gasteiger partial charge is 0.394 e. The molecule has 0 aromatic rings. The molecule has 1 rings (SSSR count). The van der Waals surface area contributed by atoms with Crippen molar-refractivity contribution in [2.45, 2.75) is 31.8 Å². The predicted octanol–water partition coefficient (Wildman–Crippen LogP) is -0.509. The molecule has 1 saturated heterocycles. The summed E-state index contributed by atoms with van der Waals surface area (Å²) >= 11 is 0. The Kier molecular flexibility index (Phi) is 2.49. The van der Waals surface area contributed by atoms with Crippen LogP contribution >= 0.6 is 0 Å². The molecule has 0 aromatic carbocycles. The first kappa shape index (κ1) is 8.93. The second kappa shape index (κ2) is 3.06. The number of ether oxygens (including phenoxy) is 2. The molecule has 1 fully saturated rings. The highest BCUT2D eigenvalue weighted by atomic mass is 16.7. The molecular weight excluding hydrogens is 148 g/mol. The zero-order valence-electron chi connectivity index (χ0n) is 6.78. The molecular formula is C7H14O4. The number of aliphatic hydroxyl groups is 2. The van der Waals surface area contributed by atoms with Crippen molar-refractivity contribution in [3.8, 4) is 0 Å².